The molecule has 0 aliphatic heterocycles. The van der Waals surface area contributed by atoms with E-state index in [9.17, 15) is 13.7 Å². The second-order valence-corrected chi connectivity index (χ2v) is 6.69. The van der Waals surface area contributed by atoms with Gasteiger partial charge in [0.05, 0.1) is 29.1 Å². The highest BCUT2D eigenvalue weighted by atomic mass is 35.5. The molecule has 1 aromatic heterocycles. The minimum Gasteiger partial charge on any atom is -0.265 e. The summed E-state index contributed by atoms with van der Waals surface area (Å²) >= 11 is 5.97. The second-order valence-electron chi connectivity index (χ2n) is 4.38. The summed E-state index contributed by atoms with van der Waals surface area (Å²) in [5, 5.41) is 9.43. The van der Waals surface area contributed by atoms with Crippen molar-refractivity contribution in [2.24, 2.45) is 0 Å². The van der Waals surface area contributed by atoms with Crippen molar-refractivity contribution in [1.29, 1.82) is 5.26 Å². The van der Waals surface area contributed by atoms with Crippen molar-refractivity contribution in [3.8, 4) is 6.07 Å². The van der Waals surface area contributed by atoms with Gasteiger partial charge in [0.1, 0.15) is 6.07 Å². The number of rotatable bonds is 4. The van der Waals surface area contributed by atoms with Crippen molar-refractivity contribution in [2.75, 3.05) is 10.6 Å². The van der Waals surface area contributed by atoms with E-state index < -0.39 is 10.0 Å². The molecule has 0 aliphatic rings. The zero-order valence-electron chi connectivity index (χ0n) is 11.2. The van der Waals surface area contributed by atoms with Crippen molar-refractivity contribution >= 4 is 27.3 Å². The van der Waals surface area contributed by atoms with Crippen LogP contribution in [0.4, 0.5) is 5.69 Å². The minimum atomic E-state index is -3.57. The molecule has 0 spiro atoms. The Labute approximate surface area is 128 Å². The van der Waals surface area contributed by atoms with Gasteiger partial charge in [0.2, 0.25) is 10.0 Å². The van der Waals surface area contributed by atoms with Gasteiger partial charge in [0, 0.05) is 12.4 Å². The van der Waals surface area contributed by atoms with Crippen molar-refractivity contribution in [1.82, 2.24) is 4.98 Å². The minimum absolute atomic E-state index is 0.0850. The highest BCUT2D eigenvalue weighted by Crippen LogP contribution is 2.29. The van der Waals surface area contributed by atoms with Gasteiger partial charge in [-0.1, -0.05) is 23.7 Å². The van der Waals surface area contributed by atoms with Crippen molar-refractivity contribution in [3.05, 3.63) is 58.9 Å². The first-order valence-electron chi connectivity index (χ1n) is 5.98. The summed E-state index contributed by atoms with van der Waals surface area (Å²) < 4.78 is 25.3. The van der Waals surface area contributed by atoms with Crippen LogP contribution in [-0.4, -0.2) is 19.7 Å². The standard InChI is InChI=1S/C14H12ClN3O2S/c1-21(19,20)18(10-11-4-3-7-17-9-11)14-6-2-5-13(15)12(14)8-16/h2-7,9H,10H2,1H3. The molecule has 0 unspecified atom stereocenters. The largest absolute Gasteiger partial charge is 0.265 e. The maximum absolute atomic E-state index is 12.1. The molecule has 0 atom stereocenters. The van der Waals surface area contributed by atoms with Gasteiger partial charge < -0.3 is 0 Å². The van der Waals surface area contributed by atoms with Gasteiger partial charge in [-0.15, -0.1) is 0 Å². The summed E-state index contributed by atoms with van der Waals surface area (Å²) in [5.74, 6) is 0. The fourth-order valence-corrected chi connectivity index (χ4v) is 2.97. The highest BCUT2D eigenvalue weighted by molar-refractivity contribution is 7.92. The Balaban J connectivity index is 2.53. The molecule has 2 aromatic rings. The van der Waals surface area contributed by atoms with Crippen molar-refractivity contribution < 1.29 is 8.42 Å². The second kappa shape index (κ2) is 6.12. The predicted octanol–water partition coefficient (Wildman–Crippen LogP) is 2.57. The van der Waals surface area contributed by atoms with E-state index in [4.69, 9.17) is 11.6 Å². The van der Waals surface area contributed by atoms with Crippen LogP contribution in [0.1, 0.15) is 11.1 Å². The van der Waals surface area contributed by atoms with Crippen LogP contribution in [0.15, 0.2) is 42.7 Å². The summed E-state index contributed by atoms with van der Waals surface area (Å²) in [6.45, 7) is 0.0850. The molecule has 0 N–H and O–H groups in total. The number of nitriles is 1. The van der Waals surface area contributed by atoms with E-state index in [1.165, 1.54) is 0 Å². The van der Waals surface area contributed by atoms with Gasteiger partial charge in [0.25, 0.3) is 0 Å². The number of hydrogen-bond donors (Lipinski definition) is 0. The Morgan fingerprint density at radius 3 is 2.67 bits per heavy atom. The Hall–Kier alpha value is -2.10. The zero-order chi connectivity index (χ0) is 15.5. The van der Waals surface area contributed by atoms with Gasteiger partial charge in [-0.2, -0.15) is 5.26 Å². The maximum Gasteiger partial charge on any atom is 0.232 e. The molecule has 21 heavy (non-hydrogen) atoms. The lowest BCUT2D eigenvalue weighted by atomic mass is 10.2. The monoisotopic (exact) mass is 321 g/mol. The number of sulfonamides is 1. The number of anilines is 1. The third-order valence-electron chi connectivity index (χ3n) is 2.82. The summed E-state index contributed by atoms with van der Waals surface area (Å²) in [5.41, 5.74) is 1.11. The van der Waals surface area contributed by atoms with Crippen LogP contribution in [0.25, 0.3) is 0 Å². The number of pyridine rings is 1. The number of aromatic nitrogens is 1. The molecule has 5 nitrogen and oxygen atoms in total. The first kappa shape index (κ1) is 15.3. The molecular formula is C14H12ClN3O2S. The molecule has 0 saturated heterocycles. The Bertz CT molecular complexity index is 786. The van der Waals surface area contributed by atoms with E-state index in [0.717, 1.165) is 10.6 Å². The van der Waals surface area contributed by atoms with Gasteiger partial charge in [-0.3, -0.25) is 9.29 Å². The van der Waals surface area contributed by atoms with Crippen LogP contribution in [-0.2, 0) is 16.6 Å². The molecule has 2 rings (SSSR count). The van der Waals surface area contributed by atoms with Crippen LogP contribution < -0.4 is 4.31 Å². The molecule has 0 bridgehead atoms. The summed E-state index contributed by atoms with van der Waals surface area (Å²) in [6.07, 6.45) is 4.27. The van der Waals surface area contributed by atoms with E-state index in [1.54, 1.807) is 42.7 Å². The van der Waals surface area contributed by atoms with E-state index in [2.05, 4.69) is 4.98 Å². The zero-order valence-corrected chi connectivity index (χ0v) is 12.8. The lowest BCUT2D eigenvalue weighted by molar-refractivity contribution is 0.596. The third kappa shape index (κ3) is 3.51. The number of benzene rings is 1. The summed E-state index contributed by atoms with van der Waals surface area (Å²) in [4.78, 5) is 3.96. The number of hydrogen-bond acceptors (Lipinski definition) is 4. The first-order valence-corrected chi connectivity index (χ1v) is 8.21. The molecule has 108 valence electrons. The van der Waals surface area contributed by atoms with Crippen LogP contribution >= 0.6 is 11.6 Å². The normalized spacial score (nSPS) is 10.9. The smallest absolute Gasteiger partial charge is 0.232 e. The summed E-state index contributed by atoms with van der Waals surface area (Å²) in [6, 6.07) is 10.2. The van der Waals surface area contributed by atoms with Crippen molar-refractivity contribution in [2.45, 2.75) is 6.54 Å². The van der Waals surface area contributed by atoms with Crippen LogP contribution in [0.3, 0.4) is 0 Å². The van der Waals surface area contributed by atoms with E-state index in [0.29, 0.717) is 5.56 Å². The molecule has 0 saturated carbocycles. The maximum atomic E-state index is 12.1. The van der Waals surface area contributed by atoms with Gasteiger partial charge in [0.15, 0.2) is 0 Å². The topological polar surface area (TPSA) is 74.1 Å². The molecule has 0 fully saturated rings. The molecular weight excluding hydrogens is 310 g/mol. The number of nitrogens with zero attached hydrogens (tertiary/aromatic N) is 3. The molecule has 7 heteroatoms. The molecule has 0 radical (unpaired) electrons. The van der Waals surface area contributed by atoms with Crippen molar-refractivity contribution in [3.63, 3.8) is 0 Å². The Morgan fingerprint density at radius 2 is 2.10 bits per heavy atom. The Morgan fingerprint density at radius 1 is 1.33 bits per heavy atom. The van der Waals surface area contributed by atoms with Gasteiger partial charge >= 0.3 is 0 Å². The van der Waals surface area contributed by atoms with Crippen LogP contribution in [0.2, 0.25) is 5.02 Å². The Kier molecular flexibility index (Phi) is 4.46. The highest BCUT2D eigenvalue weighted by Gasteiger charge is 2.22. The lowest BCUT2D eigenvalue weighted by Gasteiger charge is -2.23. The molecule has 0 amide bonds. The SMILES string of the molecule is CS(=O)(=O)N(Cc1cccnc1)c1cccc(Cl)c1C#N. The van der Waals surface area contributed by atoms with Gasteiger partial charge in [-0.05, 0) is 23.8 Å². The number of halogens is 1. The van der Waals surface area contributed by atoms with E-state index in [-0.39, 0.29) is 22.8 Å². The van der Waals surface area contributed by atoms with E-state index in [1.807, 2.05) is 6.07 Å². The lowest BCUT2D eigenvalue weighted by Crippen LogP contribution is -2.30. The fourth-order valence-electron chi connectivity index (χ4n) is 1.87. The fraction of sp³-hybridized carbons (Fsp3) is 0.143. The van der Waals surface area contributed by atoms with Crippen LogP contribution in [0, 0.1) is 11.3 Å². The third-order valence-corrected chi connectivity index (χ3v) is 4.26. The summed E-state index contributed by atoms with van der Waals surface area (Å²) in [7, 11) is -3.57. The average Bonchev–Trinajstić information content (AvgIpc) is 2.44. The van der Waals surface area contributed by atoms with E-state index >= 15 is 0 Å². The molecule has 1 aromatic carbocycles. The molecule has 1 heterocycles. The predicted molar refractivity (Wildman–Crippen MR) is 81.4 cm³/mol. The quantitative estimate of drug-likeness (QED) is 0.867. The average molecular weight is 322 g/mol. The first-order chi connectivity index (χ1) is 9.93. The van der Waals surface area contributed by atoms with Crippen LogP contribution in [0.5, 0.6) is 0 Å². The molecule has 0 aliphatic carbocycles. The van der Waals surface area contributed by atoms with Gasteiger partial charge in [-0.25, -0.2) is 8.42 Å².